The summed E-state index contributed by atoms with van der Waals surface area (Å²) in [6, 6.07) is 6.57. The third kappa shape index (κ3) is 5.19. The Kier molecular flexibility index (Phi) is 6.98. The number of hydrogen-bond acceptors (Lipinski definition) is 4. The summed E-state index contributed by atoms with van der Waals surface area (Å²) in [6.45, 7) is 5.83. The molecule has 0 atom stereocenters. The highest BCUT2D eigenvalue weighted by atomic mass is 32.2. The first-order chi connectivity index (χ1) is 8.67. The molecule has 0 aliphatic rings. The van der Waals surface area contributed by atoms with Crippen LogP contribution in [0, 0.1) is 0 Å². The summed E-state index contributed by atoms with van der Waals surface area (Å²) in [5.41, 5.74) is 1.21. The second kappa shape index (κ2) is 8.27. The number of thioether (sulfide) groups is 1. The van der Waals surface area contributed by atoms with Gasteiger partial charge >= 0.3 is 0 Å². The zero-order valence-corrected chi connectivity index (χ0v) is 12.5. The van der Waals surface area contributed by atoms with E-state index < -0.39 is 0 Å². The molecule has 1 aromatic rings. The van der Waals surface area contributed by atoms with Crippen molar-refractivity contribution < 1.29 is 9.47 Å². The predicted octanol–water partition coefficient (Wildman–Crippen LogP) is 2.94. The molecule has 3 nitrogen and oxygen atoms in total. The van der Waals surface area contributed by atoms with Crippen LogP contribution in [0.5, 0.6) is 11.5 Å². The molecule has 18 heavy (non-hydrogen) atoms. The van der Waals surface area contributed by atoms with E-state index in [2.05, 4.69) is 31.5 Å². The molecule has 0 heterocycles. The summed E-state index contributed by atoms with van der Waals surface area (Å²) in [7, 11) is 1.68. The van der Waals surface area contributed by atoms with Crippen molar-refractivity contribution in [3.8, 4) is 11.5 Å². The molecule has 0 fully saturated rings. The minimum Gasteiger partial charge on any atom is -0.493 e. The Bertz CT molecular complexity index is 356. The summed E-state index contributed by atoms with van der Waals surface area (Å²) >= 11 is 1.77. The Morgan fingerprint density at radius 3 is 2.67 bits per heavy atom. The Hall–Kier alpha value is -0.870. The van der Waals surface area contributed by atoms with Crippen LogP contribution in [0.25, 0.3) is 0 Å². The van der Waals surface area contributed by atoms with Crippen LogP contribution in [-0.2, 0) is 6.54 Å². The van der Waals surface area contributed by atoms with E-state index in [1.54, 1.807) is 18.9 Å². The Morgan fingerprint density at radius 2 is 2.06 bits per heavy atom. The summed E-state index contributed by atoms with van der Waals surface area (Å²) in [6.07, 6.45) is 2.07. The molecule has 0 unspecified atom stereocenters. The number of ether oxygens (including phenoxy) is 2. The molecule has 0 radical (unpaired) electrons. The highest BCUT2D eigenvalue weighted by molar-refractivity contribution is 7.98. The number of hydrogen-bond donors (Lipinski definition) is 1. The fourth-order valence-corrected chi connectivity index (χ4v) is 1.75. The maximum Gasteiger partial charge on any atom is 0.161 e. The molecule has 1 N–H and O–H groups in total. The van der Waals surface area contributed by atoms with Gasteiger partial charge in [0.15, 0.2) is 11.5 Å². The Morgan fingerprint density at radius 1 is 1.28 bits per heavy atom. The third-order valence-corrected chi connectivity index (χ3v) is 3.06. The SMILES string of the molecule is COc1cc(CNC(C)C)ccc1OCCSC. The van der Waals surface area contributed by atoms with Gasteiger partial charge in [-0.15, -0.1) is 0 Å². The molecule has 4 heteroatoms. The van der Waals surface area contributed by atoms with Crippen LogP contribution in [0.1, 0.15) is 19.4 Å². The van der Waals surface area contributed by atoms with Gasteiger partial charge in [0.05, 0.1) is 13.7 Å². The Balaban J connectivity index is 2.64. The van der Waals surface area contributed by atoms with E-state index in [9.17, 15) is 0 Å². The van der Waals surface area contributed by atoms with Gasteiger partial charge < -0.3 is 14.8 Å². The van der Waals surface area contributed by atoms with Gasteiger partial charge in [0.2, 0.25) is 0 Å². The quantitative estimate of drug-likeness (QED) is 0.735. The standard InChI is InChI=1S/C14H23NO2S/c1-11(2)15-10-12-5-6-13(14(9-12)16-3)17-7-8-18-4/h5-6,9,11,15H,7-8,10H2,1-4H3. The van der Waals surface area contributed by atoms with E-state index in [0.29, 0.717) is 12.6 Å². The van der Waals surface area contributed by atoms with Crippen molar-refractivity contribution in [1.82, 2.24) is 5.32 Å². The van der Waals surface area contributed by atoms with E-state index in [4.69, 9.17) is 9.47 Å². The summed E-state index contributed by atoms with van der Waals surface area (Å²) < 4.78 is 11.0. The van der Waals surface area contributed by atoms with Gasteiger partial charge in [-0.3, -0.25) is 0 Å². The lowest BCUT2D eigenvalue weighted by Gasteiger charge is -2.13. The normalized spacial score (nSPS) is 10.7. The number of benzene rings is 1. The van der Waals surface area contributed by atoms with Crippen molar-refractivity contribution in [2.24, 2.45) is 0 Å². The van der Waals surface area contributed by atoms with Crippen LogP contribution in [0.3, 0.4) is 0 Å². The second-order valence-corrected chi connectivity index (χ2v) is 5.35. The van der Waals surface area contributed by atoms with Crippen molar-refractivity contribution in [1.29, 1.82) is 0 Å². The van der Waals surface area contributed by atoms with Crippen LogP contribution in [0.15, 0.2) is 18.2 Å². The smallest absolute Gasteiger partial charge is 0.161 e. The topological polar surface area (TPSA) is 30.5 Å². The molecule has 0 saturated heterocycles. The van der Waals surface area contributed by atoms with E-state index in [-0.39, 0.29) is 0 Å². The van der Waals surface area contributed by atoms with Crippen molar-refractivity contribution in [2.45, 2.75) is 26.4 Å². The van der Waals surface area contributed by atoms with Crippen molar-refractivity contribution >= 4 is 11.8 Å². The van der Waals surface area contributed by atoms with Crippen LogP contribution in [0.4, 0.5) is 0 Å². The molecular formula is C14H23NO2S. The first kappa shape index (κ1) is 15.2. The van der Waals surface area contributed by atoms with E-state index in [0.717, 1.165) is 23.8 Å². The lowest BCUT2D eigenvalue weighted by Crippen LogP contribution is -2.21. The van der Waals surface area contributed by atoms with E-state index >= 15 is 0 Å². The third-order valence-electron chi connectivity index (χ3n) is 2.49. The van der Waals surface area contributed by atoms with Gasteiger partial charge in [0, 0.05) is 18.3 Å². The fraction of sp³-hybridized carbons (Fsp3) is 0.571. The molecule has 102 valence electrons. The van der Waals surface area contributed by atoms with Crippen LogP contribution in [0.2, 0.25) is 0 Å². The number of nitrogens with one attached hydrogen (secondary N) is 1. The van der Waals surface area contributed by atoms with Crippen molar-refractivity contribution in [2.75, 3.05) is 25.7 Å². The summed E-state index contributed by atoms with van der Waals surface area (Å²) in [5.74, 6) is 2.61. The molecule has 0 spiro atoms. The average molecular weight is 269 g/mol. The minimum atomic E-state index is 0.480. The summed E-state index contributed by atoms with van der Waals surface area (Å²) in [4.78, 5) is 0. The molecular weight excluding hydrogens is 246 g/mol. The molecule has 0 aliphatic heterocycles. The highest BCUT2D eigenvalue weighted by Crippen LogP contribution is 2.28. The molecule has 1 rings (SSSR count). The second-order valence-electron chi connectivity index (χ2n) is 4.36. The van der Waals surface area contributed by atoms with Crippen LogP contribution in [-0.4, -0.2) is 31.8 Å². The first-order valence-corrected chi connectivity index (χ1v) is 7.58. The van der Waals surface area contributed by atoms with E-state index in [1.165, 1.54) is 5.56 Å². The average Bonchev–Trinajstić information content (AvgIpc) is 2.37. The lowest BCUT2D eigenvalue weighted by molar-refractivity contribution is 0.313. The molecule has 0 amide bonds. The monoisotopic (exact) mass is 269 g/mol. The maximum absolute atomic E-state index is 5.68. The van der Waals surface area contributed by atoms with Gasteiger partial charge in [-0.25, -0.2) is 0 Å². The zero-order chi connectivity index (χ0) is 13.4. The molecule has 0 bridgehead atoms. The van der Waals surface area contributed by atoms with Gasteiger partial charge in [0.25, 0.3) is 0 Å². The van der Waals surface area contributed by atoms with Gasteiger partial charge in [0.1, 0.15) is 0 Å². The Labute approximate surface area is 114 Å². The number of rotatable bonds is 8. The van der Waals surface area contributed by atoms with Gasteiger partial charge in [-0.05, 0) is 24.0 Å². The number of methoxy groups -OCH3 is 1. The highest BCUT2D eigenvalue weighted by Gasteiger charge is 2.06. The van der Waals surface area contributed by atoms with E-state index in [1.807, 2.05) is 12.1 Å². The lowest BCUT2D eigenvalue weighted by atomic mass is 10.2. The van der Waals surface area contributed by atoms with Gasteiger partial charge in [-0.1, -0.05) is 19.9 Å². The maximum atomic E-state index is 5.68. The largest absolute Gasteiger partial charge is 0.493 e. The molecule has 0 saturated carbocycles. The van der Waals surface area contributed by atoms with Crippen molar-refractivity contribution in [3.63, 3.8) is 0 Å². The zero-order valence-electron chi connectivity index (χ0n) is 11.7. The fourth-order valence-electron chi connectivity index (χ4n) is 1.50. The van der Waals surface area contributed by atoms with Crippen LogP contribution < -0.4 is 14.8 Å². The summed E-state index contributed by atoms with van der Waals surface area (Å²) in [5, 5.41) is 3.39. The van der Waals surface area contributed by atoms with Crippen molar-refractivity contribution in [3.05, 3.63) is 23.8 Å². The van der Waals surface area contributed by atoms with Gasteiger partial charge in [-0.2, -0.15) is 11.8 Å². The minimum absolute atomic E-state index is 0.480. The van der Waals surface area contributed by atoms with Crippen LogP contribution >= 0.6 is 11.8 Å². The molecule has 0 aromatic heterocycles. The molecule has 0 aliphatic carbocycles. The molecule has 1 aromatic carbocycles. The first-order valence-electron chi connectivity index (χ1n) is 6.19. The predicted molar refractivity (Wildman–Crippen MR) is 78.8 cm³/mol.